The third-order valence-electron chi connectivity index (χ3n) is 5.88. The molecule has 0 saturated heterocycles. The quantitative estimate of drug-likeness (QED) is 0.132. The lowest BCUT2D eigenvalue weighted by atomic mass is 10.1. The van der Waals surface area contributed by atoms with Gasteiger partial charge in [0.05, 0.1) is 10.9 Å². The third-order valence-corrected chi connectivity index (χ3v) is 7.47. The van der Waals surface area contributed by atoms with Crippen molar-refractivity contribution in [1.82, 2.24) is 5.32 Å². The molecule has 6 nitrogen and oxygen atoms in total. The van der Waals surface area contributed by atoms with Crippen LogP contribution < -0.4 is 16.0 Å². The van der Waals surface area contributed by atoms with E-state index >= 15 is 0 Å². The number of aryl methyl sites for hydroxylation is 1. The van der Waals surface area contributed by atoms with Gasteiger partial charge >= 0.3 is 0 Å². The maximum atomic E-state index is 14.1. The van der Waals surface area contributed by atoms with Gasteiger partial charge in [-0.25, -0.2) is 4.39 Å². The maximum absolute atomic E-state index is 14.1. The minimum atomic E-state index is -0.550. The lowest BCUT2D eigenvalue weighted by Gasteiger charge is -2.14. The van der Waals surface area contributed by atoms with Gasteiger partial charge in [0.15, 0.2) is 0 Å². The van der Waals surface area contributed by atoms with E-state index in [0.717, 1.165) is 16.0 Å². The molecule has 1 atom stereocenters. The fourth-order valence-corrected chi connectivity index (χ4v) is 4.96. The van der Waals surface area contributed by atoms with Crippen molar-refractivity contribution in [1.29, 1.82) is 0 Å². The molecule has 3 N–H and O–H groups in total. The number of hydrogen-bond acceptors (Lipinski definition) is 4. The second-order valence-electron chi connectivity index (χ2n) is 9.14. The van der Waals surface area contributed by atoms with Crippen molar-refractivity contribution in [3.8, 4) is 0 Å². The summed E-state index contributed by atoms with van der Waals surface area (Å²) in [5, 5.41) is 7.62. The van der Waals surface area contributed by atoms with Crippen molar-refractivity contribution in [3.63, 3.8) is 0 Å². The lowest BCUT2D eigenvalue weighted by molar-refractivity contribution is -0.115. The summed E-state index contributed by atoms with van der Waals surface area (Å²) < 4.78 is 14.7. The first-order chi connectivity index (χ1) is 19.7. The van der Waals surface area contributed by atoms with Gasteiger partial charge in [0.25, 0.3) is 11.8 Å². The summed E-state index contributed by atoms with van der Waals surface area (Å²) >= 11 is 4.46. The van der Waals surface area contributed by atoms with Crippen LogP contribution in [-0.2, 0) is 9.59 Å². The van der Waals surface area contributed by atoms with Crippen LogP contribution in [-0.4, -0.2) is 23.0 Å². The highest BCUT2D eigenvalue weighted by Gasteiger charge is 2.18. The fourth-order valence-electron chi connectivity index (χ4n) is 3.70. The molecule has 0 bridgehead atoms. The number of hydrogen-bond donors (Lipinski definition) is 3. The molecular weight excluding hydrogens is 605 g/mol. The van der Waals surface area contributed by atoms with Crippen molar-refractivity contribution in [2.45, 2.75) is 24.0 Å². The van der Waals surface area contributed by atoms with Gasteiger partial charge in [-0.15, -0.1) is 11.8 Å². The van der Waals surface area contributed by atoms with Crippen LogP contribution in [0.4, 0.5) is 15.8 Å². The monoisotopic (exact) mass is 631 g/mol. The number of anilines is 2. The Kier molecular flexibility index (Phi) is 10.1. The minimum absolute atomic E-state index is 0.0741. The smallest absolute Gasteiger partial charge is 0.272 e. The summed E-state index contributed by atoms with van der Waals surface area (Å²) in [7, 11) is 0. The van der Waals surface area contributed by atoms with Gasteiger partial charge in [0.1, 0.15) is 11.5 Å². The van der Waals surface area contributed by atoms with E-state index in [-0.39, 0.29) is 17.3 Å². The van der Waals surface area contributed by atoms with Gasteiger partial charge in [0, 0.05) is 20.6 Å². The Morgan fingerprint density at radius 1 is 0.878 bits per heavy atom. The van der Waals surface area contributed by atoms with E-state index < -0.39 is 22.9 Å². The van der Waals surface area contributed by atoms with E-state index in [1.807, 2.05) is 37.3 Å². The summed E-state index contributed by atoms with van der Waals surface area (Å²) in [6.07, 6.45) is 1.61. The molecule has 3 amide bonds. The molecule has 4 aromatic carbocycles. The van der Waals surface area contributed by atoms with Crippen LogP contribution in [0.25, 0.3) is 6.08 Å². The maximum Gasteiger partial charge on any atom is 0.272 e. The first kappa shape index (κ1) is 29.8. The molecule has 0 saturated carbocycles. The average molecular weight is 633 g/mol. The summed E-state index contributed by atoms with van der Waals surface area (Å²) in [6, 6.07) is 27.6. The minimum Gasteiger partial charge on any atom is -0.323 e. The Hall–Kier alpha value is -4.21. The molecule has 1 unspecified atom stereocenters. The molecule has 41 heavy (non-hydrogen) atoms. The normalized spacial score (nSPS) is 11.9. The van der Waals surface area contributed by atoms with Gasteiger partial charge in [-0.05, 0) is 74.0 Å². The molecule has 0 aliphatic heterocycles. The van der Waals surface area contributed by atoms with Gasteiger partial charge in [-0.2, -0.15) is 0 Å². The molecule has 4 rings (SSSR count). The van der Waals surface area contributed by atoms with E-state index in [4.69, 9.17) is 0 Å². The van der Waals surface area contributed by atoms with Gasteiger partial charge in [-0.3, -0.25) is 14.4 Å². The van der Waals surface area contributed by atoms with Crippen LogP contribution in [0.1, 0.15) is 28.4 Å². The van der Waals surface area contributed by atoms with Crippen LogP contribution in [0, 0.1) is 12.7 Å². The topological polar surface area (TPSA) is 87.3 Å². The van der Waals surface area contributed by atoms with Crippen molar-refractivity contribution >= 4 is 62.9 Å². The number of nitrogens with one attached hydrogen (secondary N) is 3. The van der Waals surface area contributed by atoms with E-state index in [0.29, 0.717) is 15.7 Å². The highest BCUT2D eigenvalue weighted by molar-refractivity contribution is 9.10. The summed E-state index contributed by atoms with van der Waals surface area (Å²) in [6.45, 7) is 3.68. The number of halogens is 2. The first-order valence-electron chi connectivity index (χ1n) is 12.7. The van der Waals surface area contributed by atoms with Gasteiger partial charge < -0.3 is 16.0 Å². The second kappa shape index (κ2) is 13.9. The molecule has 0 aliphatic carbocycles. The van der Waals surface area contributed by atoms with Crippen molar-refractivity contribution in [2.75, 3.05) is 10.6 Å². The third kappa shape index (κ3) is 8.64. The fraction of sp³-hybridized carbons (Fsp3) is 0.0938. The number of rotatable bonds is 9. The number of amides is 3. The number of thioether (sulfide) groups is 1. The van der Waals surface area contributed by atoms with E-state index in [9.17, 15) is 18.8 Å². The summed E-state index contributed by atoms with van der Waals surface area (Å²) in [5.74, 6) is -1.82. The predicted molar refractivity (Wildman–Crippen MR) is 166 cm³/mol. The molecule has 0 aliphatic rings. The molecule has 4 aromatic rings. The predicted octanol–water partition coefficient (Wildman–Crippen LogP) is 7.43. The average Bonchev–Trinajstić information content (AvgIpc) is 2.95. The number of carbonyl (C=O) groups excluding carboxylic acids is 3. The summed E-state index contributed by atoms with van der Waals surface area (Å²) in [4.78, 5) is 39.6. The number of carbonyl (C=O) groups is 3. The van der Waals surface area contributed by atoms with Crippen LogP contribution in [0.15, 0.2) is 112 Å². The standard InChI is InChI=1S/C32H27BrFN3O3S/c1-20-11-13-22(14-12-20)17-29(37-31(39)23-7-4-3-5-8-23)32(40)35-25-9-6-10-26(19-25)41-21(2)30(38)36-28-16-15-24(33)18-27(28)34/h3-19,21H,1-2H3,(H,35,40)(H,36,38)(H,37,39)/b29-17-. The first-order valence-corrected chi connectivity index (χ1v) is 14.3. The zero-order valence-corrected chi connectivity index (χ0v) is 24.7. The molecule has 0 spiro atoms. The Morgan fingerprint density at radius 3 is 2.32 bits per heavy atom. The van der Waals surface area contributed by atoms with Crippen molar-refractivity contribution < 1.29 is 18.8 Å². The van der Waals surface area contributed by atoms with Crippen LogP contribution in [0.3, 0.4) is 0 Å². The SMILES string of the molecule is Cc1ccc(/C=C(\NC(=O)c2ccccc2)C(=O)Nc2cccc(SC(C)C(=O)Nc3ccc(Br)cc3F)c2)cc1. The molecule has 0 radical (unpaired) electrons. The summed E-state index contributed by atoms with van der Waals surface area (Å²) in [5.41, 5.74) is 2.89. The Bertz CT molecular complexity index is 1590. The second-order valence-corrected chi connectivity index (χ2v) is 11.5. The van der Waals surface area contributed by atoms with Crippen molar-refractivity contribution in [2.24, 2.45) is 0 Å². The molecule has 0 fully saturated rings. The lowest BCUT2D eigenvalue weighted by Crippen LogP contribution is -2.30. The van der Waals surface area contributed by atoms with E-state index in [1.54, 1.807) is 67.6 Å². The van der Waals surface area contributed by atoms with Crippen LogP contribution >= 0.6 is 27.7 Å². The zero-order chi connectivity index (χ0) is 29.4. The Labute approximate surface area is 250 Å². The molecule has 0 heterocycles. The highest BCUT2D eigenvalue weighted by Crippen LogP contribution is 2.28. The molecule has 0 aromatic heterocycles. The van der Waals surface area contributed by atoms with Crippen LogP contribution in [0.5, 0.6) is 0 Å². The van der Waals surface area contributed by atoms with E-state index in [1.165, 1.54) is 23.9 Å². The number of benzene rings is 4. The van der Waals surface area contributed by atoms with Crippen molar-refractivity contribution in [3.05, 3.63) is 130 Å². The molecule has 9 heteroatoms. The largest absolute Gasteiger partial charge is 0.323 e. The Balaban J connectivity index is 1.47. The van der Waals surface area contributed by atoms with Crippen LogP contribution in [0.2, 0.25) is 0 Å². The van der Waals surface area contributed by atoms with E-state index in [2.05, 4.69) is 31.9 Å². The molecular formula is C32H27BrFN3O3S. The zero-order valence-electron chi connectivity index (χ0n) is 22.3. The van der Waals surface area contributed by atoms with Gasteiger partial charge in [-0.1, -0.05) is 70.0 Å². The Morgan fingerprint density at radius 2 is 1.61 bits per heavy atom. The molecule has 208 valence electrons. The van der Waals surface area contributed by atoms with Gasteiger partial charge in [0.2, 0.25) is 5.91 Å². The highest BCUT2D eigenvalue weighted by atomic mass is 79.9.